The number of carbonyl (C=O) groups excluding carboxylic acids is 3. The lowest BCUT2D eigenvalue weighted by Gasteiger charge is -2.20. The second kappa shape index (κ2) is 11.6. The maximum atomic E-state index is 12.6. The first kappa shape index (κ1) is 23.7. The summed E-state index contributed by atoms with van der Waals surface area (Å²) in [5, 5.41) is 8.87. The zero-order valence-corrected chi connectivity index (χ0v) is 18.4. The van der Waals surface area contributed by atoms with Crippen LogP contribution in [0.2, 0.25) is 10.0 Å². The Bertz CT molecular complexity index is 888. The lowest BCUT2D eigenvalue weighted by Crippen LogP contribution is -2.48. The number of halogens is 2. The van der Waals surface area contributed by atoms with Crippen molar-refractivity contribution >= 4 is 40.9 Å². The van der Waals surface area contributed by atoms with Crippen LogP contribution in [0.15, 0.2) is 48.5 Å². The van der Waals surface area contributed by atoms with Crippen LogP contribution < -0.4 is 16.0 Å². The molecule has 6 nitrogen and oxygen atoms in total. The van der Waals surface area contributed by atoms with Gasteiger partial charge in [0.1, 0.15) is 6.04 Å². The summed E-state index contributed by atoms with van der Waals surface area (Å²) in [6, 6.07) is 12.6. The number of nitrogens with one attached hydrogen (secondary N) is 3. The van der Waals surface area contributed by atoms with Gasteiger partial charge in [0.2, 0.25) is 5.91 Å². The lowest BCUT2D eigenvalue weighted by molar-refractivity contribution is -0.123. The Kier molecular flexibility index (Phi) is 9.15. The molecule has 0 aromatic heterocycles. The molecule has 1 atom stereocenters. The molecule has 0 aliphatic carbocycles. The van der Waals surface area contributed by atoms with Crippen molar-refractivity contribution in [2.75, 3.05) is 13.1 Å². The minimum Gasteiger partial charge on any atom is -0.353 e. The molecule has 0 saturated carbocycles. The molecule has 0 fully saturated rings. The smallest absolute Gasteiger partial charge is 0.253 e. The first-order valence-corrected chi connectivity index (χ1v) is 10.4. The van der Waals surface area contributed by atoms with Crippen LogP contribution in [-0.4, -0.2) is 36.9 Å². The fourth-order valence-corrected chi connectivity index (χ4v) is 3.28. The van der Waals surface area contributed by atoms with E-state index in [-0.39, 0.29) is 41.4 Å². The molecule has 160 valence electrons. The monoisotopic (exact) mass is 449 g/mol. The zero-order chi connectivity index (χ0) is 22.1. The lowest BCUT2D eigenvalue weighted by atomic mass is 10.0. The highest BCUT2D eigenvalue weighted by molar-refractivity contribution is 6.36. The number of benzene rings is 2. The van der Waals surface area contributed by atoms with Crippen LogP contribution in [0.3, 0.4) is 0 Å². The molecule has 0 saturated heterocycles. The van der Waals surface area contributed by atoms with Crippen molar-refractivity contribution in [3.63, 3.8) is 0 Å². The quantitative estimate of drug-likeness (QED) is 0.510. The Morgan fingerprint density at radius 1 is 0.900 bits per heavy atom. The predicted molar refractivity (Wildman–Crippen MR) is 119 cm³/mol. The summed E-state index contributed by atoms with van der Waals surface area (Å²) in [6.45, 7) is 4.43. The van der Waals surface area contributed by atoms with Crippen LogP contribution in [0.4, 0.5) is 0 Å². The molecule has 8 heteroatoms. The van der Waals surface area contributed by atoms with Gasteiger partial charge in [0.25, 0.3) is 11.8 Å². The van der Waals surface area contributed by atoms with E-state index >= 15 is 0 Å². The Labute approximate surface area is 186 Å². The number of hydrogen-bond acceptors (Lipinski definition) is 3. The Morgan fingerprint density at radius 2 is 1.57 bits per heavy atom. The SMILES string of the molecule is CC(C)CC(NC(=O)c1ccc(Cl)cc1Cl)C(=O)NCCNC(=O)c1ccccc1. The fraction of sp³-hybridized carbons (Fsp3) is 0.318. The number of amides is 3. The Balaban J connectivity index is 1.89. The molecule has 2 aromatic rings. The predicted octanol–water partition coefficient (Wildman–Crippen LogP) is 3.68. The third-order valence-corrected chi connectivity index (χ3v) is 4.80. The summed E-state index contributed by atoms with van der Waals surface area (Å²) >= 11 is 12.0. The average Bonchev–Trinajstić information content (AvgIpc) is 2.70. The van der Waals surface area contributed by atoms with Gasteiger partial charge in [-0.15, -0.1) is 0 Å². The van der Waals surface area contributed by atoms with Crippen molar-refractivity contribution in [2.45, 2.75) is 26.3 Å². The summed E-state index contributed by atoms with van der Waals surface area (Å²) in [5.74, 6) is -0.806. The first-order chi connectivity index (χ1) is 14.3. The van der Waals surface area contributed by atoms with E-state index in [0.29, 0.717) is 17.0 Å². The molecule has 1 unspecified atom stereocenters. The molecular formula is C22H25Cl2N3O3. The van der Waals surface area contributed by atoms with Crippen molar-refractivity contribution in [3.8, 4) is 0 Å². The molecule has 0 spiro atoms. The van der Waals surface area contributed by atoms with Crippen molar-refractivity contribution in [1.82, 2.24) is 16.0 Å². The molecule has 30 heavy (non-hydrogen) atoms. The van der Waals surface area contributed by atoms with E-state index in [1.807, 2.05) is 19.9 Å². The van der Waals surface area contributed by atoms with Crippen molar-refractivity contribution in [1.29, 1.82) is 0 Å². The van der Waals surface area contributed by atoms with Crippen LogP contribution in [0, 0.1) is 5.92 Å². The highest BCUT2D eigenvalue weighted by Gasteiger charge is 2.23. The third kappa shape index (κ3) is 7.35. The Hall–Kier alpha value is -2.57. The zero-order valence-electron chi connectivity index (χ0n) is 16.9. The van der Waals surface area contributed by atoms with Gasteiger partial charge in [0, 0.05) is 23.7 Å². The topological polar surface area (TPSA) is 87.3 Å². The van der Waals surface area contributed by atoms with Crippen LogP contribution in [0.1, 0.15) is 41.0 Å². The minimum absolute atomic E-state index is 0.180. The third-order valence-electron chi connectivity index (χ3n) is 4.25. The molecule has 2 aromatic carbocycles. The normalized spacial score (nSPS) is 11.6. The molecule has 0 aliphatic rings. The number of carbonyl (C=O) groups is 3. The van der Waals surface area contributed by atoms with Gasteiger partial charge < -0.3 is 16.0 Å². The van der Waals surface area contributed by atoms with Gasteiger partial charge in [-0.05, 0) is 42.7 Å². The largest absolute Gasteiger partial charge is 0.353 e. The van der Waals surface area contributed by atoms with E-state index in [2.05, 4.69) is 16.0 Å². The molecule has 0 radical (unpaired) electrons. The van der Waals surface area contributed by atoms with E-state index in [1.165, 1.54) is 12.1 Å². The van der Waals surface area contributed by atoms with Gasteiger partial charge in [0.05, 0.1) is 10.6 Å². The first-order valence-electron chi connectivity index (χ1n) is 9.64. The maximum Gasteiger partial charge on any atom is 0.253 e. The van der Waals surface area contributed by atoms with Gasteiger partial charge >= 0.3 is 0 Å². The van der Waals surface area contributed by atoms with Gasteiger partial charge in [-0.2, -0.15) is 0 Å². The minimum atomic E-state index is -0.728. The summed E-state index contributed by atoms with van der Waals surface area (Å²) in [4.78, 5) is 37.2. The standard InChI is InChI=1S/C22H25Cl2N3O3/c1-14(2)12-19(27-21(29)17-9-8-16(23)13-18(17)24)22(30)26-11-10-25-20(28)15-6-4-3-5-7-15/h3-9,13-14,19H,10-12H2,1-2H3,(H,25,28)(H,26,30)(H,27,29). The molecule has 2 rings (SSSR count). The van der Waals surface area contributed by atoms with Crippen LogP contribution in [0.5, 0.6) is 0 Å². The molecular weight excluding hydrogens is 425 g/mol. The fourth-order valence-electron chi connectivity index (χ4n) is 2.79. The molecule has 3 amide bonds. The van der Waals surface area contributed by atoms with Crippen LogP contribution >= 0.6 is 23.2 Å². The van der Waals surface area contributed by atoms with E-state index in [9.17, 15) is 14.4 Å². The van der Waals surface area contributed by atoms with Crippen LogP contribution in [-0.2, 0) is 4.79 Å². The van der Waals surface area contributed by atoms with E-state index in [0.717, 1.165) is 0 Å². The van der Waals surface area contributed by atoms with E-state index in [1.54, 1.807) is 30.3 Å². The van der Waals surface area contributed by atoms with Gasteiger partial charge in [-0.3, -0.25) is 14.4 Å². The maximum absolute atomic E-state index is 12.6. The molecule has 3 N–H and O–H groups in total. The second-order valence-electron chi connectivity index (χ2n) is 7.19. The average molecular weight is 450 g/mol. The molecule has 0 bridgehead atoms. The second-order valence-corrected chi connectivity index (χ2v) is 8.04. The number of hydrogen-bond donors (Lipinski definition) is 3. The summed E-state index contributed by atoms with van der Waals surface area (Å²) in [6.07, 6.45) is 0.457. The number of rotatable bonds is 9. The summed E-state index contributed by atoms with van der Waals surface area (Å²) in [7, 11) is 0. The van der Waals surface area contributed by atoms with Crippen molar-refractivity contribution < 1.29 is 14.4 Å². The van der Waals surface area contributed by atoms with Gasteiger partial charge in [-0.1, -0.05) is 55.2 Å². The molecule has 0 aliphatic heterocycles. The highest BCUT2D eigenvalue weighted by Crippen LogP contribution is 2.21. The van der Waals surface area contributed by atoms with Crippen molar-refractivity contribution in [3.05, 3.63) is 69.7 Å². The van der Waals surface area contributed by atoms with E-state index < -0.39 is 11.9 Å². The van der Waals surface area contributed by atoms with E-state index in [4.69, 9.17) is 23.2 Å². The summed E-state index contributed by atoms with van der Waals surface area (Å²) in [5.41, 5.74) is 0.798. The van der Waals surface area contributed by atoms with Crippen molar-refractivity contribution in [2.24, 2.45) is 5.92 Å². The Morgan fingerprint density at radius 3 is 2.20 bits per heavy atom. The molecule has 0 heterocycles. The van der Waals surface area contributed by atoms with Crippen LogP contribution in [0.25, 0.3) is 0 Å². The van der Waals surface area contributed by atoms with Gasteiger partial charge in [-0.25, -0.2) is 0 Å². The highest BCUT2D eigenvalue weighted by atomic mass is 35.5. The van der Waals surface area contributed by atoms with Gasteiger partial charge in [0.15, 0.2) is 0 Å². The summed E-state index contributed by atoms with van der Waals surface area (Å²) < 4.78 is 0.